The number of benzene rings is 2. The Hall–Kier alpha value is -1.94. The van der Waals surface area contributed by atoms with Crippen molar-refractivity contribution in [3.63, 3.8) is 0 Å². The van der Waals surface area contributed by atoms with Gasteiger partial charge in [0.25, 0.3) is 0 Å². The minimum absolute atomic E-state index is 0.194. The monoisotopic (exact) mass is 355 g/mol. The third kappa shape index (κ3) is 3.04. The summed E-state index contributed by atoms with van der Waals surface area (Å²) >= 11 is 1.76. The molecule has 4 heteroatoms. The first-order valence-corrected chi connectivity index (χ1v) is 9.76. The molecule has 0 bridgehead atoms. The van der Waals surface area contributed by atoms with Crippen molar-refractivity contribution in [1.29, 1.82) is 0 Å². The largest absolute Gasteiger partial charge is 0.496 e. The molecular formula is C21H25NO2S. The van der Waals surface area contributed by atoms with E-state index in [0.717, 1.165) is 46.2 Å². The van der Waals surface area contributed by atoms with Crippen molar-refractivity contribution in [2.75, 3.05) is 17.8 Å². The Morgan fingerprint density at radius 3 is 2.44 bits per heavy atom. The Kier molecular flexibility index (Phi) is 5.09. The number of carbonyl (C=O) groups is 1. The summed E-state index contributed by atoms with van der Waals surface area (Å²) in [4.78, 5) is 16.7. The zero-order chi connectivity index (χ0) is 18.0. The third-order valence-corrected chi connectivity index (χ3v) is 6.58. The second kappa shape index (κ2) is 7.12. The van der Waals surface area contributed by atoms with Crippen LogP contribution in [0.25, 0.3) is 0 Å². The molecule has 2 aromatic carbocycles. The van der Waals surface area contributed by atoms with E-state index in [2.05, 4.69) is 26.0 Å². The molecule has 3 rings (SSSR count). The molecule has 0 atom stereocenters. The van der Waals surface area contributed by atoms with Gasteiger partial charge >= 0.3 is 0 Å². The number of hydrogen-bond acceptors (Lipinski definition) is 3. The maximum absolute atomic E-state index is 13.6. The molecule has 3 nitrogen and oxygen atoms in total. The predicted molar refractivity (Wildman–Crippen MR) is 105 cm³/mol. The summed E-state index contributed by atoms with van der Waals surface area (Å²) in [5.41, 5.74) is 2.58. The molecule has 132 valence electrons. The van der Waals surface area contributed by atoms with Crippen LogP contribution in [0.15, 0.2) is 47.4 Å². The maximum Gasteiger partial charge on any atom is 0.238 e. The van der Waals surface area contributed by atoms with Crippen LogP contribution in [-0.4, -0.2) is 18.8 Å². The van der Waals surface area contributed by atoms with Crippen LogP contribution >= 0.6 is 11.8 Å². The molecular weight excluding hydrogens is 330 g/mol. The molecule has 0 spiro atoms. The van der Waals surface area contributed by atoms with E-state index in [1.54, 1.807) is 18.9 Å². The average Bonchev–Trinajstić information content (AvgIpc) is 2.76. The zero-order valence-corrected chi connectivity index (χ0v) is 16.2. The van der Waals surface area contributed by atoms with E-state index in [4.69, 9.17) is 4.74 Å². The number of hydrogen-bond donors (Lipinski definition) is 0. The fraction of sp³-hybridized carbons (Fsp3) is 0.381. The lowest BCUT2D eigenvalue weighted by Gasteiger charge is -2.33. The highest BCUT2D eigenvalue weighted by Gasteiger charge is 2.42. The van der Waals surface area contributed by atoms with Crippen molar-refractivity contribution in [2.24, 2.45) is 5.41 Å². The zero-order valence-electron chi connectivity index (χ0n) is 15.3. The maximum atomic E-state index is 13.6. The number of nitrogens with zero attached hydrogens (tertiary/aromatic N) is 1. The SMILES string of the molecule is CCC1(CC)CSc2cc(OC)c(C)cc2N(c2ccccc2)C1=O. The number of para-hydroxylation sites is 1. The fourth-order valence-electron chi connectivity index (χ4n) is 3.38. The summed E-state index contributed by atoms with van der Waals surface area (Å²) in [5.74, 6) is 1.85. The first-order chi connectivity index (χ1) is 12.1. The normalized spacial score (nSPS) is 16.3. The topological polar surface area (TPSA) is 29.5 Å². The lowest BCUT2D eigenvalue weighted by molar-refractivity contribution is -0.126. The minimum Gasteiger partial charge on any atom is -0.496 e. The van der Waals surface area contributed by atoms with E-state index in [0.29, 0.717) is 0 Å². The van der Waals surface area contributed by atoms with Crippen molar-refractivity contribution in [3.8, 4) is 5.75 Å². The van der Waals surface area contributed by atoms with Gasteiger partial charge in [-0.25, -0.2) is 0 Å². The highest BCUT2D eigenvalue weighted by Crippen LogP contribution is 2.48. The molecule has 0 aromatic heterocycles. The Morgan fingerprint density at radius 2 is 1.84 bits per heavy atom. The summed E-state index contributed by atoms with van der Waals surface area (Å²) in [6, 6.07) is 14.1. The van der Waals surface area contributed by atoms with Crippen LogP contribution in [0.1, 0.15) is 32.3 Å². The van der Waals surface area contributed by atoms with Crippen LogP contribution in [0.2, 0.25) is 0 Å². The van der Waals surface area contributed by atoms with Gasteiger partial charge in [0.2, 0.25) is 5.91 Å². The van der Waals surface area contributed by atoms with E-state index in [1.165, 1.54) is 0 Å². The number of carbonyl (C=O) groups excluding carboxylic acids is 1. The van der Waals surface area contributed by atoms with Gasteiger partial charge in [-0.3, -0.25) is 9.69 Å². The van der Waals surface area contributed by atoms with E-state index in [-0.39, 0.29) is 11.3 Å². The second-order valence-corrected chi connectivity index (χ2v) is 7.56. The highest BCUT2D eigenvalue weighted by atomic mass is 32.2. The number of ether oxygens (including phenoxy) is 1. The van der Waals surface area contributed by atoms with Gasteiger partial charge in [0.05, 0.1) is 18.2 Å². The molecule has 0 fully saturated rings. The second-order valence-electron chi connectivity index (χ2n) is 6.54. The number of fused-ring (bicyclic) bond motifs is 1. The molecule has 0 saturated heterocycles. The van der Waals surface area contributed by atoms with Crippen LogP contribution in [0.3, 0.4) is 0 Å². The Balaban J connectivity index is 2.23. The van der Waals surface area contributed by atoms with Gasteiger partial charge in [0.15, 0.2) is 0 Å². The highest BCUT2D eigenvalue weighted by molar-refractivity contribution is 7.99. The van der Waals surface area contributed by atoms with Crippen molar-refractivity contribution in [3.05, 3.63) is 48.0 Å². The van der Waals surface area contributed by atoms with Gasteiger partial charge in [0.1, 0.15) is 5.75 Å². The van der Waals surface area contributed by atoms with E-state index < -0.39 is 0 Å². The van der Waals surface area contributed by atoms with Gasteiger partial charge < -0.3 is 4.74 Å². The molecule has 1 amide bonds. The van der Waals surface area contributed by atoms with Crippen LogP contribution in [0.4, 0.5) is 11.4 Å². The van der Waals surface area contributed by atoms with Gasteiger partial charge in [-0.05, 0) is 49.6 Å². The fourth-order valence-corrected chi connectivity index (χ4v) is 4.83. The number of methoxy groups -OCH3 is 1. The van der Waals surface area contributed by atoms with E-state index >= 15 is 0 Å². The Morgan fingerprint density at radius 1 is 1.16 bits per heavy atom. The van der Waals surface area contributed by atoms with E-state index in [1.807, 2.05) is 42.2 Å². The average molecular weight is 356 g/mol. The minimum atomic E-state index is -0.347. The first-order valence-electron chi connectivity index (χ1n) is 8.77. The molecule has 1 aliphatic rings. The van der Waals surface area contributed by atoms with E-state index in [9.17, 15) is 4.79 Å². The molecule has 2 aromatic rings. The summed E-state index contributed by atoms with van der Waals surface area (Å²) < 4.78 is 5.51. The molecule has 0 aliphatic carbocycles. The molecule has 25 heavy (non-hydrogen) atoms. The number of aryl methyl sites for hydroxylation is 1. The summed E-state index contributed by atoms with van der Waals surface area (Å²) in [6.07, 6.45) is 1.67. The molecule has 0 unspecified atom stereocenters. The molecule has 0 saturated carbocycles. The number of rotatable bonds is 4. The predicted octanol–water partition coefficient (Wildman–Crippen LogP) is 5.58. The molecule has 0 N–H and O–H groups in total. The molecule has 0 radical (unpaired) electrons. The molecule has 1 aliphatic heterocycles. The summed E-state index contributed by atoms with van der Waals surface area (Å²) in [6.45, 7) is 6.26. The Bertz CT molecular complexity index is 769. The van der Waals surface area contributed by atoms with Gasteiger partial charge in [0, 0.05) is 16.3 Å². The molecule has 1 heterocycles. The van der Waals surface area contributed by atoms with Crippen molar-refractivity contribution in [2.45, 2.75) is 38.5 Å². The number of anilines is 2. The smallest absolute Gasteiger partial charge is 0.238 e. The number of thioether (sulfide) groups is 1. The lowest BCUT2D eigenvalue weighted by Crippen LogP contribution is -2.41. The van der Waals surface area contributed by atoms with Crippen molar-refractivity contribution < 1.29 is 9.53 Å². The van der Waals surface area contributed by atoms with Crippen LogP contribution in [-0.2, 0) is 4.79 Å². The standard InChI is InChI=1S/C21H25NO2S/c1-5-21(6-2)14-25-19-13-18(24-4)15(3)12-17(19)22(20(21)23)16-10-8-7-9-11-16/h7-13H,5-6,14H2,1-4H3. The number of amides is 1. The van der Waals surface area contributed by atoms with Gasteiger partial charge in [-0.15, -0.1) is 11.8 Å². The van der Waals surface area contributed by atoms with Crippen LogP contribution in [0, 0.1) is 12.3 Å². The summed E-state index contributed by atoms with van der Waals surface area (Å²) in [7, 11) is 1.69. The van der Waals surface area contributed by atoms with Crippen LogP contribution in [0.5, 0.6) is 5.75 Å². The van der Waals surface area contributed by atoms with Gasteiger partial charge in [-0.2, -0.15) is 0 Å². The quantitative estimate of drug-likeness (QED) is 0.717. The summed E-state index contributed by atoms with van der Waals surface area (Å²) in [5, 5.41) is 0. The lowest BCUT2D eigenvalue weighted by atomic mass is 9.82. The third-order valence-electron chi connectivity index (χ3n) is 5.25. The van der Waals surface area contributed by atoms with Crippen LogP contribution < -0.4 is 9.64 Å². The van der Waals surface area contributed by atoms with Gasteiger partial charge in [-0.1, -0.05) is 32.0 Å². The first kappa shape index (κ1) is 17.9. The Labute approximate surface area is 154 Å². The van der Waals surface area contributed by atoms with Crippen molar-refractivity contribution >= 4 is 29.0 Å². The van der Waals surface area contributed by atoms with Crippen molar-refractivity contribution in [1.82, 2.24) is 0 Å².